The maximum atomic E-state index is 12.8. The molecule has 2 amide bonds. The molecular weight excluding hydrogens is 392 g/mol. The first-order valence-electron chi connectivity index (χ1n) is 11.1. The summed E-state index contributed by atoms with van der Waals surface area (Å²) in [6.45, 7) is 5.78. The smallest absolute Gasteiger partial charge is 0.242 e. The van der Waals surface area contributed by atoms with Crippen LogP contribution in [0.1, 0.15) is 61.4 Å². The van der Waals surface area contributed by atoms with Crippen molar-refractivity contribution in [3.05, 3.63) is 47.2 Å². The molecule has 8 nitrogen and oxygen atoms in total. The molecule has 0 unspecified atom stereocenters. The Morgan fingerprint density at radius 1 is 1.16 bits per heavy atom. The van der Waals surface area contributed by atoms with E-state index in [1.807, 2.05) is 36.2 Å². The summed E-state index contributed by atoms with van der Waals surface area (Å²) in [5.41, 5.74) is 3.20. The van der Waals surface area contributed by atoms with Gasteiger partial charge in [-0.3, -0.25) is 14.6 Å². The van der Waals surface area contributed by atoms with Gasteiger partial charge in [0, 0.05) is 37.5 Å². The molecule has 0 aliphatic carbocycles. The van der Waals surface area contributed by atoms with Crippen LogP contribution in [0.25, 0.3) is 0 Å². The Labute approximate surface area is 183 Å². The first kappa shape index (κ1) is 21.2. The standard InChI is InChI=1S/C23H30N6O2/c1-16-19-9-7-12-28(15-18-8-3-5-11-24-18)23(19)27-22(26-16)20-10-4-6-13-29(20)21(31)14-25-17(2)30/h3,5,8,11,20H,4,6-7,9-10,12-15H2,1-2H3,(H,25,30)/t20-/m1/s1. The molecule has 0 aromatic carbocycles. The minimum atomic E-state index is -0.201. The highest BCUT2D eigenvalue weighted by atomic mass is 16.2. The van der Waals surface area contributed by atoms with Crippen LogP contribution < -0.4 is 10.2 Å². The van der Waals surface area contributed by atoms with E-state index in [1.54, 1.807) is 0 Å². The monoisotopic (exact) mass is 422 g/mol. The fraction of sp³-hybridized carbons (Fsp3) is 0.522. The van der Waals surface area contributed by atoms with Gasteiger partial charge in [-0.25, -0.2) is 9.97 Å². The van der Waals surface area contributed by atoms with Gasteiger partial charge in [0.2, 0.25) is 11.8 Å². The summed E-state index contributed by atoms with van der Waals surface area (Å²) in [4.78, 5) is 42.5. The van der Waals surface area contributed by atoms with Gasteiger partial charge in [-0.1, -0.05) is 6.07 Å². The summed E-state index contributed by atoms with van der Waals surface area (Å²) in [5.74, 6) is 1.40. The molecule has 2 aromatic rings. The maximum Gasteiger partial charge on any atom is 0.242 e. The average Bonchev–Trinajstić information content (AvgIpc) is 2.78. The Balaban J connectivity index is 1.62. The van der Waals surface area contributed by atoms with Gasteiger partial charge in [0.25, 0.3) is 0 Å². The van der Waals surface area contributed by atoms with Gasteiger partial charge in [0.05, 0.1) is 24.8 Å². The molecule has 2 aliphatic heterocycles. The molecule has 1 N–H and O–H groups in total. The van der Waals surface area contributed by atoms with Crippen LogP contribution in [0.5, 0.6) is 0 Å². The van der Waals surface area contributed by atoms with Crippen LogP contribution in [-0.4, -0.2) is 51.3 Å². The number of nitrogens with one attached hydrogen (secondary N) is 1. The van der Waals surface area contributed by atoms with E-state index in [0.717, 1.165) is 55.9 Å². The largest absolute Gasteiger partial charge is 0.350 e. The van der Waals surface area contributed by atoms with E-state index in [2.05, 4.69) is 15.2 Å². The number of aromatic nitrogens is 3. The zero-order chi connectivity index (χ0) is 21.8. The molecule has 0 radical (unpaired) electrons. The molecule has 164 valence electrons. The predicted octanol–water partition coefficient (Wildman–Crippen LogP) is 2.32. The van der Waals surface area contributed by atoms with E-state index in [0.29, 0.717) is 18.9 Å². The minimum Gasteiger partial charge on any atom is -0.350 e. The van der Waals surface area contributed by atoms with Crippen LogP contribution in [0, 0.1) is 6.92 Å². The van der Waals surface area contributed by atoms with Crippen molar-refractivity contribution in [3.63, 3.8) is 0 Å². The van der Waals surface area contributed by atoms with Gasteiger partial charge in [-0.15, -0.1) is 0 Å². The Bertz CT molecular complexity index is 949. The lowest BCUT2D eigenvalue weighted by Gasteiger charge is -2.36. The van der Waals surface area contributed by atoms with Gasteiger partial charge in [0.15, 0.2) is 5.82 Å². The topological polar surface area (TPSA) is 91.3 Å². The quantitative estimate of drug-likeness (QED) is 0.795. The lowest BCUT2D eigenvalue weighted by molar-refractivity contribution is -0.136. The second kappa shape index (κ2) is 9.41. The molecule has 2 aliphatic rings. The number of amides is 2. The maximum absolute atomic E-state index is 12.8. The van der Waals surface area contributed by atoms with Crippen molar-refractivity contribution in [1.82, 2.24) is 25.2 Å². The molecule has 4 rings (SSSR count). The van der Waals surface area contributed by atoms with E-state index in [-0.39, 0.29) is 24.4 Å². The van der Waals surface area contributed by atoms with Gasteiger partial charge >= 0.3 is 0 Å². The van der Waals surface area contributed by atoms with Crippen molar-refractivity contribution in [2.75, 3.05) is 24.5 Å². The summed E-state index contributed by atoms with van der Waals surface area (Å²) in [5, 5.41) is 2.62. The highest BCUT2D eigenvalue weighted by Crippen LogP contribution is 2.34. The summed E-state index contributed by atoms with van der Waals surface area (Å²) < 4.78 is 0. The summed E-state index contributed by atoms with van der Waals surface area (Å²) in [6.07, 6.45) is 6.68. The number of likely N-dealkylation sites (tertiary alicyclic amines) is 1. The number of rotatable bonds is 5. The van der Waals surface area contributed by atoms with Crippen molar-refractivity contribution >= 4 is 17.6 Å². The molecule has 2 aromatic heterocycles. The van der Waals surface area contributed by atoms with Crippen LogP contribution in [0.3, 0.4) is 0 Å². The van der Waals surface area contributed by atoms with Crippen LogP contribution in [0.4, 0.5) is 5.82 Å². The Kier molecular flexibility index (Phi) is 6.44. The molecule has 1 fully saturated rings. The molecule has 31 heavy (non-hydrogen) atoms. The van der Waals surface area contributed by atoms with Crippen LogP contribution in [-0.2, 0) is 22.6 Å². The lowest BCUT2D eigenvalue weighted by atomic mass is 9.99. The molecule has 1 atom stereocenters. The van der Waals surface area contributed by atoms with E-state index < -0.39 is 0 Å². The number of nitrogens with zero attached hydrogens (tertiary/aromatic N) is 5. The summed E-state index contributed by atoms with van der Waals surface area (Å²) in [6, 6.07) is 5.81. The number of piperidine rings is 1. The van der Waals surface area contributed by atoms with Gasteiger partial charge in [-0.2, -0.15) is 0 Å². The molecule has 0 spiro atoms. The Morgan fingerprint density at radius 2 is 2.03 bits per heavy atom. The van der Waals surface area contributed by atoms with Crippen LogP contribution >= 0.6 is 0 Å². The fourth-order valence-corrected chi connectivity index (χ4v) is 4.50. The van der Waals surface area contributed by atoms with Gasteiger partial charge < -0.3 is 15.1 Å². The third kappa shape index (κ3) is 4.84. The average molecular weight is 423 g/mol. The third-order valence-electron chi connectivity index (χ3n) is 6.05. The Morgan fingerprint density at radius 3 is 2.81 bits per heavy atom. The van der Waals surface area contributed by atoms with Crippen molar-refractivity contribution < 1.29 is 9.59 Å². The first-order chi connectivity index (χ1) is 15.0. The number of carbonyl (C=O) groups excluding carboxylic acids is 2. The van der Waals surface area contributed by atoms with Crippen molar-refractivity contribution in [3.8, 4) is 0 Å². The number of carbonyl (C=O) groups is 2. The molecule has 4 heterocycles. The van der Waals surface area contributed by atoms with Crippen molar-refractivity contribution in [1.29, 1.82) is 0 Å². The van der Waals surface area contributed by atoms with E-state index in [9.17, 15) is 9.59 Å². The predicted molar refractivity (Wildman–Crippen MR) is 117 cm³/mol. The molecule has 0 bridgehead atoms. The number of aryl methyl sites for hydroxylation is 1. The zero-order valence-corrected chi connectivity index (χ0v) is 18.3. The van der Waals surface area contributed by atoms with Crippen molar-refractivity contribution in [2.45, 2.75) is 58.5 Å². The highest BCUT2D eigenvalue weighted by molar-refractivity contribution is 5.84. The molecule has 8 heteroatoms. The normalized spacial score (nSPS) is 18.5. The fourth-order valence-electron chi connectivity index (χ4n) is 4.50. The minimum absolute atomic E-state index is 0.0154. The second-order valence-corrected chi connectivity index (χ2v) is 8.32. The number of fused-ring (bicyclic) bond motifs is 1. The van der Waals surface area contributed by atoms with E-state index in [1.165, 1.54) is 12.5 Å². The molecule has 0 saturated carbocycles. The van der Waals surface area contributed by atoms with Gasteiger partial charge in [0.1, 0.15) is 5.82 Å². The summed E-state index contributed by atoms with van der Waals surface area (Å²) in [7, 11) is 0. The van der Waals surface area contributed by atoms with E-state index >= 15 is 0 Å². The summed E-state index contributed by atoms with van der Waals surface area (Å²) >= 11 is 0. The Hall–Kier alpha value is -3.03. The second-order valence-electron chi connectivity index (χ2n) is 8.32. The molecule has 1 saturated heterocycles. The lowest BCUT2D eigenvalue weighted by Crippen LogP contribution is -2.44. The number of hydrogen-bond donors (Lipinski definition) is 1. The van der Waals surface area contributed by atoms with Crippen LogP contribution in [0.15, 0.2) is 24.4 Å². The first-order valence-corrected chi connectivity index (χ1v) is 11.1. The van der Waals surface area contributed by atoms with E-state index in [4.69, 9.17) is 9.97 Å². The molecular formula is C23H30N6O2. The SMILES string of the molecule is CC(=O)NCC(=O)N1CCCC[C@@H]1c1nc(C)c2c(n1)N(Cc1ccccn1)CCC2. The van der Waals surface area contributed by atoms with Crippen molar-refractivity contribution in [2.24, 2.45) is 0 Å². The number of pyridine rings is 1. The third-order valence-corrected chi connectivity index (χ3v) is 6.05. The highest BCUT2D eigenvalue weighted by Gasteiger charge is 2.32. The number of hydrogen-bond acceptors (Lipinski definition) is 6. The van der Waals surface area contributed by atoms with Crippen LogP contribution in [0.2, 0.25) is 0 Å². The van der Waals surface area contributed by atoms with Gasteiger partial charge in [-0.05, 0) is 51.2 Å². The zero-order valence-electron chi connectivity index (χ0n) is 18.3. The number of anilines is 1.